The highest BCUT2D eigenvalue weighted by Crippen LogP contribution is 2.24. The van der Waals surface area contributed by atoms with Crippen molar-refractivity contribution in [1.29, 1.82) is 0 Å². The summed E-state index contributed by atoms with van der Waals surface area (Å²) in [6.45, 7) is 3.81. The number of fused-ring (bicyclic) bond motifs is 1. The van der Waals surface area contributed by atoms with Crippen LogP contribution in [0.25, 0.3) is 11.0 Å². The smallest absolute Gasteiger partial charge is 0.231 e. The maximum atomic E-state index is 12.0. The van der Waals surface area contributed by atoms with E-state index in [9.17, 15) is 4.79 Å². The van der Waals surface area contributed by atoms with E-state index < -0.39 is 0 Å². The molecule has 3 rings (SSSR count). The van der Waals surface area contributed by atoms with Crippen LogP contribution in [-0.4, -0.2) is 21.9 Å². The quantitative estimate of drug-likeness (QED) is 0.723. The molecule has 2 heterocycles. The van der Waals surface area contributed by atoms with Crippen LogP contribution < -0.4 is 5.32 Å². The standard InChI is InChI=1S/C15H15N3O2S2/c1-9(13-7-11-5-3-4-6-12(11)20-13)16-14(19)8-21-15-18-17-10(2)22-15/h3-7,9H,8H2,1-2H3,(H,16,19). The number of hydrogen-bond donors (Lipinski definition) is 1. The van der Waals surface area contributed by atoms with E-state index in [1.54, 1.807) is 0 Å². The molecular weight excluding hydrogens is 318 g/mol. The number of nitrogens with one attached hydrogen (secondary N) is 1. The van der Waals surface area contributed by atoms with Crippen molar-refractivity contribution in [2.45, 2.75) is 24.2 Å². The summed E-state index contributed by atoms with van der Waals surface area (Å²) < 4.78 is 6.56. The lowest BCUT2D eigenvalue weighted by Crippen LogP contribution is -2.27. The molecular formula is C15H15N3O2S2. The summed E-state index contributed by atoms with van der Waals surface area (Å²) in [5.41, 5.74) is 0.831. The minimum atomic E-state index is -0.170. The fourth-order valence-corrected chi connectivity index (χ4v) is 3.66. The SMILES string of the molecule is Cc1nnc(SCC(=O)NC(C)c2cc3ccccc3o2)s1. The Labute approximate surface area is 136 Å². The van der Waals surface area contributed by atoms with Gasteiger partial charge in [-0.05, 0) is 26.0 Å². The second-order valence-electron chi connectivity index (χ2n) is 4.85. The Hall–Kier alpha value is -1.86. The van der Waals surface area contributed by atoms with Gasteiger partial charge < -0.3 is 9.73 Å². The van der Waals surface area contributed by atoms with Crippen molar-refractivity contribution in [3.8, 4) is 0 Å². The van der Waals surface area contributed by atoms with E-state index in [4.69, 9.17) is 4.42 Å². The number of aryl methyl sites for hydroxylation is 1. The van der Waals surface area contributed by atoms with E-state index in [1.807, 2.05) is 44.2 Å². The summed E-state index contributed by atoms with van der Waals surface area (Å²) in [6.07, 6.45) is 0. The number of carbonyl (C=O) groups is 1. The molecule has 0 saturated carbocycles. The van der Waals surface area contributed by atoms with E-state index in [1.165, 1.54) is 23.1 Å². The van der Waals surface area contributed by atoms with E-state index in [0.29, 0.717) is 5.75 Å². The first-order valence-electron chi connectivity index (χ1n) is 6.82. The van der Waals surface area contributed by atoms with Crippen LogP contribution in [0.4, 0.5) is 0 Å². The van der Waals surface area contributed by atoms with E-state index in [2.05, 4.69) is 15.5 Å². The molecule has 1 aromatic carbocycles. The molecule has 0 radical (unpaired) electrons. The van der Waals surface area contributed by atoms with Crippen molar-refractivity contribution in [3.05, 3.63) is 41.1 Å². The number of para-hydroxylation sites is 1. The fraction of sp³-hybridized carbons (Fsp3) is 0.267. The highest BCUT2D eigenvalue weighted by atomic mass is 32.2. The number of rotatable bonds is 5. The molecule has 3 aromatic rings. The van der Waals surface area contributed by atoms with Crippen LogP contribution in [0.2, 0.25) is 0 Å². The van der Waals surface area contributed by atoms with Gasteiger partial charge in [0.2, 0.25) is 5.91 Å². The van der Waals surface area contributed by atoms with Crippen molar-refractivity contribution in [2.75, 3.05) is 5.75 Å². The number of hydrogen-bond acceptors (Lipinski definition) is 6. The average Bonchev–Trinajstić information content (AvgIpc) is 3.11. The Morgan fingerprint density at radius 3 is 2.95 bits per heavy atom. The molecule has 1 N–H and O–H groups in total. The summed E-state index contributed by atoms with van der Waals surface area (Å²) in [6, 6.07) is 9.59. The molecule has 0 aliphatic carbocycles. The summed E-state index contributed by atoms with van der Waals surface area (Å²) in [5, 5.41) is 12.8. The van der Waals surface area contributed by atoms with Gasteiger partial charge in [0.25, 0.3) is 0 Å². The molecule has 5 nitrogen and oxygen atoms in total. The van der Waals surface area contributed by atoms with Crippen molar-refractivity contribution >= 4 is 40.0 Å². The van der Waals surface area contributed by atoms with Gasteiger partial charge in [-0.1, -0.05) is 41.3 Å². The molecule has 0 aliphatic heterocycles. The molecule has 0 fully saturated rings. The van der Waals surface area contributed by atoms with Gasteiger partial charge in [-0.15, -0.1) is 10.2 Å². The summed E-state index contributed by atoms with van der Waals surface area (Å²) in [5.74, 6) is 1.02. The van der Waals surface area contributed by atoms with Crippen LogP contribution in [0.3, 0.4) is 0 Å². The highest BCUT2D eigenvalue weighted by molar-refractivity contribution is 8.01. The number of amides is 1. The third-order valence-electron chi connectivity index (χ3n) is 3.08. The number of carbonyl (C=O) groups excluding carboxylic acids is 1. The first-order chi connectivity index (χ1) is 10.6. The maximum Gasteiger partial charge on any atom is 0.231 e. The lowest BCUT2D eigenvalue weighted by atomic mass is 10.2. The minimum absolute atomic E-state index is 0.0502. The van der Waals surface area contributed by atoms with Gasteiger partial charge in [-0.2, -0.15) is 0 Å². The molecule has 1 unspecified atom stereocenters. The van der Waals surface area contributed by atoms with E-state index in [-0.39, 0.29) is 11.9 Å². The van der Waals surface area contributed by atoms with E-state index >= 15 is 0 Å². The average molecular weight is 333 g/mol. The van der Waals surface area contributed by atoms with Gasteiger partial charge in [-0.3, -0.25) is 4.79 Å². The first-order valence-corrected chi connectivity index (χ1v) is 8.63. The normalized spacial score (nSPS) is 12.5. The lowest BCUT2D eigenvalue weighted by molar-refractivity contribution is -0.119. The van der Waals surface area contributed by atoms with Crippen LogP contribution in [0, 0.1) is 6.92 Å². The third kappa shape index (κ3) is 3.48. The Morgan fingerprint density at radius 1 is 1.41 bits per heavy atom. The van der Waals surface area contributed by atoms with Gasteiger partial charge >= 0.3 is 0 Å². The highest BCUT2D eigenvalue weighted by Gasteiger charge is 2.15. The number of aromatic nitrogens is 2. The molecule has 1 atom stereocenters. The topological polar surface area (TPSA) is 68.0 Å². The van der Waals surface area contributed by atoms with Crippen molar-refractivity contribution < 1.29 is 9.21 Å². The molecule has 114 valence electrons. The molecule has 0 aliphatic rings. The van der Waals surface area contributed by atoms with Crippen molar-refractivity contribution in [1.82, 2.24) is 15.5 Å². The van der Waals surface area contributed by atoms with Crippen LogP contribution in [0.1, 0.15) is 23.7 Å². The Morgan fingerprint density at radius 2 is 2.23 bits per heavy atom. The lowest BCUT2D eigenvalue weighted by Gasteiger charge is -2.10. The van der Waals surface area contributed by atoms with Gasteiger partial charge in [0.15, 0.2) is 4.34 Å². The molecule has 7 heteroatoms. The molecule has 0 saturated heterocycles. The number of thioether (sulfide) groups is 1. The Bertz CT molecular complexity index is 764. The summed E-state index contributed by atoms with van der Waals surface area (Å²) in [4.78, 5) is 12.0. The monoisotopic (exact) mass is 333 g/mol. The van der Waals surface area contributed by atoms with E-state index in [0.717, 1.165) is 26.1 Å². The molecule has 0 spiro atoms. The van der Waals surface area contributed by atoms with Gasteiger partial charge in [0, 0.05) is 5.39 Å². The molecule has 0 bridgehead atoms. The zero-order valence-electron chi connectivity index (χ0n) is 12.2. The van der Waals surface area contributed by atoms with Crippen LogP contribution in [-0.2, 0) is 4.79 Å². The number of nitrogens with zero attached hydrogens (tertiary/aromatic N) is 2. The number of furan rings is 1. The molecule has 22 heavy (non-hydrogen) atoms. The predicted molar refractivity (Wildman–Crippen MR) is 88.1 cm³/mol. The van der Waals surface area contributed by atoms with Crippen LogP contribution in [0.5, 0.6) is 0 Å². The van der Waals surface area contributed by atoms with Gasteiger partial charge in [0.1, 0.15) is 16.4 Å². The molecule has 1 amide bonds. The Balaban J connectivity index is 1.58. The van der Waals surface area contributed by atoms with Crippen LogP contribution in [0.15, 0.2) is 39.1 Å². The summed E-state index contributed by atoms with van der Waals surface area (Å²) >= 11 is 2.88. The second kappa shape index (κ2) is 6.50. The number of benzene rings is 1. The van der Waals surface area contributed by atoms with Crippen molar-refractivity contribution in [2.24, 2.45) is 0 Å². The van der Waals surface area contributed by atoms with Gasteiger partial charge in [-0.25, -0.2) is 0 Å². The first kappa shape index (κ1) is 15.1. The fourth-order valence-electron chi connectivity index (χ4n) is 2.03. The second-order valence-corrected chi connectivity index (χ2v) is 7.26. The Kier molecular flexibility index (Phi) is 4.44. The van der Waals surface area contributed by atoms with Crippen molar-refractivity contribution in [3.63, 3.8) is 0 Å². The maximum absolute atomic E-state index is 12.0. The molecule has 2 aromatic heterocycles. The largest absolute Gasteiger partial charge is 0.459 e. The third-order valence-corrected chi connectivity index (χ3v) is 5.06. The zero-order chi connectivity index (χ0) is 15.5. The van der Waals surface area contributed by atoms with Gasteiger partial charge in [0.05, 0.1) is 11.8 Å². The zero-order valence-corrected chi connectivity index (χ0v) is 13.8. The van der Waals surface area contributed by atoms with Crippen LogP contribution >= 0.6 is 23.1 Å². The summed E-state index contributed by atoms with van der Waals surface area (Å²) in [7, 11) is 0. The predicted octanol–water partition coefficient (Wildman–Crippen LogP) is 3.56. The minimum Gasteiger partial charge on any atom is -0.459 e.